The molecule has 102 valence electrons. The van der Waals surface area contributed by atoms with E-state index in [1.165, 1.54) is 12.1 Å². The van der Waals surface area contributed by atoms with Crippen LogP contribution in [-0.2, 0) is 4.79 Å². The highest BCUT2D eigenvalue weighted by Crippen LogP contribution is 2.32. The Hall–Kier alpha value is -2.27. The number of carbonyl (C=O) groups excluding carboxylic acids is 1. The van der Waals surface area contributed by atoms with E-state index in [1.807, 2.05) is 19.1 Å². The van der Waals surface area contributed by atoms with Gasteiger partial charge in [0.05, 0.1) is 0 Å². The lowest BCUT2D eigenvalue weighted by Crippen LogP contribution is -2.29. The van der Waals surface area contributed by atoms with Crippen LogP contribution in [0.1, 0.15) is 30.1 Å². The number of fused-ring (bicyclic) bond motifs is 1. The number of aromatic nitrogens is 1. The number of nitrogens with zero attached hydrogens (tertiary/aromatic N) is 1. The van der Waals surface area contributed by atoms with E-state index in [1.54, 1.807) is 18.5 Å². The first-order valence-corrected chi connectivity index (χ1v) is 6.41. The lowest BCUT2D eigenvalue weighted by Gasteiger charge is -2.18. The third-order valence-corrected chi connectivity index (χ3v) is 3.47. The Morgan fingerprint density at radius 3 is 2.80 bits per heavy atom. The van der Waals surface area contributed by atoms with Gasteiger partial charge in [0.2, 0.25) is 5.91 Å². The van der Waals surface area contributed by atoms with Gasteiger partial charge < -0.3 is 5.32 Å². The minimum absolute atomic E-state index is 0.0389. The van der Waals surface area contributed by atoms with Crippen molar-refractivity contribution in [1.29, 1.82) is 0 Å². The highest BCUT2D eigenvalue weighted by atomic mass is 19.1. The Morgan fingerprint density at radius 2 is 2.05 bits per heavy atom. The van der Waals surface area contributed by atoms with Gasteiger partial charge in [0, 0.05) is 29.7 Å². The maximum atomic E-state index is 13.3. The molecule has 0 bridgehead atoms. The van der Waals surface area contributed by atoms with E-state index in [0.29, 0.717) is 11.3 Å². The van der Waals surface area contributed by atoms with E-state index in [-0.39, 0.29) is 17.8 Å². The second kappa shape index (κ2) is 5.02. The molecule has 4 nitrogen and oxygen atoms in total. The smallest absolute Gasteiger partial charge is 0.246 e. The van der Waals surface area contributed by atoms with Crippen molar-refractivity contribution in [1.82, 2.24) is 10.3 Å². The van der Waals surface area contributed by atoms with Crippen molar-refractivity contribution in [2.24, 2.45) is 0 Å². The van der Waals surface area contributed by atoms with Gasteiger partial charge in [-0.3, -0.25) is 15.1 Å². The van der Waals surface area contributed by atoms with Gasteiger partial charge in [0.1, 0.15) is 11.9 Å². The van der Waals surface area contributed by atoms with Crippen LogP contribution in [0.3, 0.4) is 0 Å². The number of carbonyl (C=O) groups is 1. The van der Waals surface area contributed by atoms with Crippen molar-refractivity contribution in [2.75, 3.05) is 5.32 Å². The van der Waals surface area contributed by atoms with E-state index in [4.69, 9.17) is 0 Å². The Balaban J connectivity index is 1.85. The third-order valence-electron chi connectivity index (χ3n) is 3.47. The van der Waals surface area contributed by atoms with Gasteiger partial charge in [0.15, 0.2) is 0 Å². The van der Waals surface area contributed by atoms with Crippen molar-refractivity contribution in [2.45, 2.75) is 19.0 Å². The maximum Gasteiger partial charge on any atom is 0.246 e. The molecule has 3 rings (SSSR count). The fourth-order valence-corrected chi connectivity index (χ4v) is 2.40. The van der Waals surface area contributed by atoms with Gasteiger partial charge >= 0.3 is 0 Å². The number of benzene rings is 1. The summed E-state index contributed by atoms with van der Waals surface area (Å²) in [6.07, 6.45) is 3.41. The molecule has 1 aliphatic rings. The molecule has 2 heterocycles. The van der Waals surface area contributed by atoms with Crippen LogP contribution in [0.2, 0.25) is 0 Å². The molecule has 2 aromatic rings. The van der Waals surface area contributed by atoms with Crippen LogP contribution in [0.4, 0.5) is 10.1 Å². The summed E-state index contributed by atoms with van der Waals surface area (Å²) in [6.45, 7) is 1.96. The van der Waals surface area contributed by atoms with Crippen molar-refractivity contribution >= 4 is 11.6 Å². The summed E-state index contributed by atoms with van der Waals surface area (Å²) < 4.78 is 13.3. The number of rotatable bonds is 3. The van der Waals surface area contributed by atoms with Gasteiger partial charge in [-0.25, -0.2) is 4.39 Å². The summed E-state index contributed by atoms with van der Waals surface area (Å²) in [5, 5.41) is 5.97. The fourth-order valence-electron chi connectivity index (χ4n) is 2.40. The first kappa shape index (κ1) is 12.7. The topological polar surface area (TPSA) is 54.0 Å². The highest BCUT2D eigenvalue weighted by Gasteiger charge is 2.31. The summed E-state index contributed by atoms with van der Waals surface area (Å²) in [6, 6.07) is 7.51. The summed E-state index contributed by atoms with van der Waals surface area (Å²) in [7, 11) is 0. The van der Waals surface area contributed by atoms with Crippen LogP contribution >= 0.6 is 0 Å². The average Bonchev–Trinajstić information content (AvgIpc) is 2.76. The second-order valence-electron chi connectivity index (χ2n) is 4.82. The average molecular weight is 271 g/mol. The molecule has 1 aromatic carbocycles. The standard InChI is InChI=1S/C15H14FN3O/c1-9(10-4-6-17-7-5-10)18-14-12-8-11(16)2-3-13(12)19-15(14)20/h2-9,14,18H,1H3,(H,19,20). The number of hydrogen-bond acceptors (Lipinski definition) is 3. The van der Waals surface area contributed by atoms with Crippen LogP contribution in [0.15, 0.2) is 42.7 Å². The largest absolute Gasteiger partial charge is 0.324 e. The van der Waals surface area contributed by atoms with Crippen molar-refractivity contribution < 1.29 is 9.18 Å². The molecule has 5 heteroatoms. The fraction of sp³-hybridized carbons (Fsp3) is 0.200. The van der Waals surface area contributed by atoms with Crippen LogP contribution in [0.5, 0.6) is 0 Å². The summed E-state index contributed by atoms with van der Waals surface area (Å²) in [5.41, 5.74) is 2.34. The Labute approximate surface area is 116 Å². The van der Waals surface area contributed by atoms with Gasteiger partial charge in [-0.2, -0.15) is 0 Å². The van der Waals surface area contributed by atoms with Gasteiger partial charge in [-0.1, -0.05) is 0 Å². The Kier molecular flexibility index (Phi) is 3.20. The van der Waals surface area contributed by atoms with Gasteiger partial charge in [-0.05, 0) is 42.8 Å². The zero-order valence-electron chi connectivity index (χ0n) is 10.9. The quantitative estimate of drug-likeness (QED) is 0.902. The molecule has 1 aliphatic heterocycles. The van der Waals surface area contributed by atoms with E-state index in [0.717, 1.165) is 5.56 Å². The van der Waals surface area contributed by atoms with Gasteiger partial charge in [-0.15, -0.1) is 0 Å². The maximum absolute atomic E-state index is 13.3. The monoisotopic (exact) mass is 271 g/mol. The number of anilines is 1. The SMILES string of the molecule is CC(NC1C(=O)Nc2ccc(F)cc21)c1ccncc1. The van der Waals surface area contributed by atoms with Crippen molar-refractivity contribution in [3.63, 3.8) is 0 Å². The van der Waals surface area contributed by atoms with E-state index >= 15 is 0 Å². The molecule has 2 atom stereocenters. The normalized spacial score (nSPS) is 18.5. The van der Waals surface area contributed by atoms with Crippen molar-refractivity contribution in [3.8, 4) is 0 Å². The number of amides is 1. The summed E-state index contributed by atoms with van der Waals surface area (Å²) >= 11 is 0. The zero-order chi connectivity index (χ0) is 14.1. The Bertz CT molecular complexity index is 645. The molecule has 0 radical (unpaired) electrons. The third kappa shape index (κ3) is 2.28. The molecule has 1 amide bonds. The Morgan fingerprint density at radius 1 is 1.30 bits per heavy atom. The van der Waals surface area contributed by atoms with Crippen molar-refractivity contribution in [3.05, 3.63) is 59.7 Å². The highest BCUT2D eigenvalue weighted by molar-refractivity contribution is 6.02. The predicted molar refractivity (Wildman–Crippen MR) is 73.6 cm³/mol. The van der Waals surface area contributed by atoms with Crippen LogP contribution < -0.4 is 10.6 Å². The zero-order valence-corrected chi connectivity index (χ0v) is 10.9. The molecule has 2 N–H and O–H groups in total. The lowest BCUT2D eigenvalue weighted by molar-refractivity contribution is -0.117. The van der Waals surface area contributed by atoms with E-state index in [9.17, 15) is 9.18 Å². The van der Waals surface area contributed by atoms with Crippen LogP contribution in [-0.4, -0.2) is 10.9 Å². The first-order chi connectivity index (χ1) is 9.65. The molecule has 20 heavy (non-hydrogen) atoms. The number of nitrogens with one attached hydrogen (secondary N) is 2. The lowest BCUT2D eigenvalue weighted by atomic mass is 10.0. The second-order valence-corrected chi connectivity index (χ2v) is 4.82. The molecule has 0 spiro atoms. The molecule has 0 saturated heterocycles. The van der Waals surface area contributed by atoms with E-state index in [2.05, 4.69) is 15.6 Å². The van der Waals surface area contributed by atoms with Crippen LogP contribution in [0.25, 0.3) is 0 Å². The molecule has 2 unspecified atom stereocenters. The van der Waals surface area contributed by atoms with E-state index < -0.39 is 6.04 Å². The minimum atomic E-state index is -0.538. The predicted octanol–water partition coefficient (Wildman–Crippen LogP) is 2.56. The summed E-state index contributed by atoms with van der Waals surface area (Å²) in [5.74, 6) is -0.505. The molecular weight excluding hydrogens is 257 g/mol. The molecule has 0 fully saturated rings. The number of hydrogen-bond donors (Lipinski definition) is 2. The molecular formula is C15H14FN3O. The van der Waals surface area contributed by atoms with Crippen LogP contribution in [0, 0.1) is 5.82 Å². The first-order valence-electron chi connectivity index (χ1n) is 6.41. The minimum Gasteiger partial charge on any atom is -0.324 e. The molecule has 1 aromatic heterocycles. The molecule has 0 aliphatic carbocycles. The number of halogens is 1. The number of pyridine rings is 1. The molecule has 0 saturated carbocycles. The summed E-state index contributed by atoms with van der Waals surface area (Å²) in [4.78, 5) is 16.0. The van der Waals surface area contributed by atoms with Gasteiger partial charge in [0.25, 0.3) is 0 Å².